The van der Waals surface area contributed by atoms with Gasteiger partial charge in [-0.2, -0.15) is 4.98 Å². The van der Waals surface area contributed by atoms with Crippen LogP contribution in [0.4, 0.5) is 0 Å². The molecule has 2 aromatic heterocycles. The zero-order chi connectivity index (χ0) is 16.6. The lowest BCUT2D eigenvalue weighted by Crippen LogP contribution is -2.43. The molecule has 23 heavy (non-hydrogen) atoms. The molecule has 1 amide bonds. The molecule has 1 aliphatic rings. The van der Waals surface area contributed by atoms with Gasteiger partial charge in [-0.05, 0) is 38.7 Å². The third kappa shape index (κ3) is 3.30. The molecule has 0 saturated heterocycles. The van der Waals surface area contributed by atoms with Crippen molar-refractivity contribution in [3.8, 4) is 0 Å². The van der Waals surface area contributed by atoms with E-state index in [-0.39, 0.29) is 18.2 Å². The maximum absolute atomic E-state index is 12.2. The number of rotatable bonds is 5. The Kier molecular flexibility index (Phi) is 3.97. The quantitative estimate of drug-likeness (QED) is 0.799. The van der Waals surface area contributed by atoms with Gasteiger partial charge in [0.05, 0.1) is 13.5 Å². The standard InChI is InChI=1S/C15H19N5O3/c1-8-6-9(2)20-15(16-8)17-11(19-20)7-12(21)18-13(10-4-5-10)14(22)23-3/h6,10,13H,4-5,7H2,1-3H3,(H,18,21). The molecule has 2 heterocycles. The van der Waals surface area contributed by atoms with Crippen molar-refractivity contribution in [2.75, 3.05) is 7.11 Å². The Bertz CT molecular complexity index is 766. The first-order valence-corrected chi connectivity index (χ1v) is 7.55. The Hall–Kier alpha value is -2.51. The summed E-state index contributed by atoms with van der Waals surface area (Å²) in [5.41, 5.74) is 1.75. The molecule has 1 fully saturated rings. The Labute approximate surface area is 133 Å². The number of nitrogens with one attached hydrogen (secondary N) is 1. The highest BCUT2D eigenvalue weighted by Crippen LogP contribution is 2.33. The van der Waals surface area contributed by atoms with Crippen LogP contribution in [0.1, 0.15) is 30.1 Å². The topological polar surface area (TPSA) is 98.5 Å². The van der Waals surface area contributed by atoms with E-state index in [4.69, 9.17) is 4.74 Å². The predicted molar refractivity (Wildman–Crippen MR) is 80.6 cm³/mol. The normalized spacial score (nSPS) is 15.4. The fourth-order valence-electron chi connectivity index (χ4n) is 2.58. The molecule has 0 aliphatic heterocycles. The van der Waals surface area contributed by atoms with Crippen LogP contribution in [0.3, 0.4) is 0 Å². The highest BCUT2D eigenvalue weighted by atomic mass is 16.5. The molecule has 1 atom stereocenters. The minimum absolute atomic E-state index is 0.00205. The summed E-state index contributed by atoms with van der Waals surface area (Å²) in [5.74, 6) is 0.321. The lowest BCUT2D eigenvalue weighted by atomic mass is 10.2. The van der Waals surface area contributed by atoms with E-state index in [0.717, 1.165) is 24.2 Å². The number of esters is 1. The lowest BCUT2D eigenvalue weighted by Gasteiger charge is -2.14. The maximum Gasteiger partial charge on any atom is 0.328 e. The number of ether oxygens (including phenoxy) is 1. The second-order valence-corrected chi connectivity index (χ2v) is 5.86. The van der Waals surface area contributed by atoms with Crippen molar-refractivity contribution in [2.45, 2.75) is 39.2 Å². The van der Waals surface area contributed by atoms with Crippen LogP contribution in [-0.2, 0) is 20.7 Å². The van der Waals surface area contributed by atoms with Crippen molar-refractivity contribution < 1.29 is 14.3 Å². The van der Waals surface area contributed by atoms with Gasteiger partial charge in [-0.3, -0.25) is 4.79 Å². The number of carbonyl (C=O) groups excluding carboxylic acids is 2. The average molecular weight is 317 g/mol. The van der Waals surface area contributed by atoms with Crippen LogP contribution in [0.5, 0.6) is 0 Å². The van der Waals surface area contributed by atoms with Gasteiger partial charge >= 0.3 is 5.97 Å². The van der Waals surface area contributed by atoms with Gasteiger partial charge in [-0.1, -0.05) is 0 Å². The minimum Gasteiger partial charge on any atom is -0.467 e. The zero-order valence-corrected chi connectivity index (χ0v) is 13.4. The summed E-state index contributed by atoms with van der Waals surface area (Å²) in [6, 6.07) is 1.32. The van der Waals surface area contributed by atoms with Crippen molar-refractivity contribution in [1.29, 1.82) is 0 Å². The SMILES string of the molecule is COC(=O)C(NC(=O)Cc1nc2nc(C)cc(C)n2n1)C1CC1. The lowest BCUT2D eigenvalue weighted by molar-refractivity contribution is -0.145. The molecule has 1 unspecified atom stereocenters. The van der Waals surface area contributed by atoms with E-state index >= 15 is 0 Å². The molecule has 1 saturated carbocycles. The van der Waals surface area contributed by atoms with Gasteiger partial charge in [0.1, 0.15) is 6.04 Å². The first-order chi connectivity index (χ1) is 11.0. The van der Waals surface area contributed by atoms with Gasteiger partial charge in [-0.25, -0.2) is 14.3 Å². The monoisotopic (exact) mass is 317 g/mol. The zero-order valence-electron chi connectivity index (χ0n) is 13.4. The number of aryl methyl sites for hydroxylation is 2. The second kappa shape index (κ2) is 5.94. The summed E-state index contributed by atoms with van der Waals surface area (Å²) >= 11 is 0. The van der Waals surface area contributed by atoms with Gasteiger partial charge in [0.2, 0.25) is 5.91 Å². The Balaban J connectivity index is 1.72. The number of nitrogens with zero attached hydrogens (tertiary/aromatic N) is 4. The van der Waals surface area contributed by atoms with E-state index in [2.05, 4.69) is 20.4 Å². The summed E-state index contributed by atoms with van der Waals surface area (Å²) in [5, 5.41) is 7.02. The molecule has 122 valence electrons. The molecule has 3 rings (SSSR count). The van der Waals surface area contributed by atoms with Crippen molar-refractivity contribution in [1.82, 2.24) is 24.9 Å². The highest BCUT2D eigenvalue weighted by molar-refractivity contribution is 5.85. The molecular formula is C15H19N5O3. The molecule has 0 radical (unpaired) electrons. The minimum atomic E-state index is -0.577. The van der Waals surface area contributed by atoms with Gasteiger partial charge < -0.3 is 10.1 Å². The van der Waals surface area contributed by atoms with Gasteiger partial charge in [0.15, 0.2) is 5.82 Å². The predicted octanol–water partition coefficient (Wildman–Crippen LogP) is 0.351. The van der Waals surface area contributed by atoms with E-state index in [1.54, 1.807) is 4.52 Å². The summed E-state index contributed by atoms with van der Waals surface area (Å²) < 4.78 is 6.35. The number of fused-ring (bicyclic) bond motifs is 1. The molecule has 0 bridgehead atoms. The Morgan fingerprint density at radius 3 is 2.78 bits per heavy atom. The van der Waals surface area contributed by atoms with Crippen molar-refractivity contribution >= 4 is 17.7 Å². The average Bonchev–Trinajstić information content (AvgIpc) is 3.25. The Morgan fingerprint density at radius 1 is 1.39 bits per heavy atom. The summed E-state index contributed by atoms with van der Waals surface area (Å²) in [4.78, 5) is 32.5. The van der Waals surface area contributed by atoms with E-state index in [1.165, 1.54) is 7.11 Å². The summed E-state index contributed by atoms with van der Waals surface area (Å²) in [6.45, 7) is 3.78. The van der Waals surface area contributed by atoms with Crippen LogP contribution in [0.2, 0.25) is 0 Å². The van der Waals surface area contributed by atoms with Crippen molar-refractivity contribution in [3.63, 3.8) is 0 Å². The number of aromatic nitrogens is 4. The number of hydrogen-bond donors (Lipinski definition) is 1. The first kappa shape index (κ1) is 15.4. The fraction of sp³-hybridized carbons (Fsp3) is 0.533. The van der Waals surface area contributed by atoms with Crippen LogP contribution in [-0.4, -0.2) is 44.6 Å². The van der Waals surface area contributed by atoms with E-state index in [1.807, 2.05) is 19.9 Å². The molecule has 8 heteroatoms. The summed E-state index contributed by atoms with van der Waals surface area (Å²) in [6.07, 6.45) is 1.85. The number of hydrogen-bond acceptors (Lipinski definition) is 6. The third-order valence-electron chi connectivity index (χ3n) is 3.85. The van der Waals surface area contributed by atoms with Gasteiger partial charge in [0.25, 0.3) is 5.78 Å². The van der Waals surface area contributed by atoms with Crippen LogP contribution < -0.4 is 5.32 Å². The Morgan fingerprint density at radius 2 is 2.13 bits per heavy atom. The molecule has 2 aromatic rings. The molecule has 0 spiro atoms. The highest BCUT2D eigenvalue weighted by Gasteiger charge is 2.38. The molecule has 1 aliphatic carbocycles. The number of methoxy groups -OCH3 is 1. The second-order valence-electron chi connectivity index (χ2n) is 5.86. The first-order valence-electron chi connectivity index (χ1n) is 7.55. The van der Waals surface area contributed by atoms with E-state index in [0.29, 0.717) is 11.6 Å². The van der Waals surface area contributed by atoms with E-state index < -0.39 is 12.0 Å². The smallest absolute Gasteiger partial charge is 0.328 e. The van der Waals surface area contributed by atoms with Gasteiger partial charge in [0, 0.05) is 11.4 Å². The molecule has 8 nitrogen and oxygen atoms in total. The van der Waals surface area contributed by atoms with Crippen molar-refractivity contribution in [2.24, 2.45) is 5.92 Å². The van der Waals surface area contributed by atoms with Crippen LogP contribution >= 0.6 is 0 Å². The van der Waals surface area contributed by atoms with E-state index in [9.17, 15) is 9.59 Å². The maximum atomic E-state index is 12.2. The molecular weight excluding hydrogens is 298 g/mol. The number of carbonyl (C=O) groups is 2. The van der Waals surface area contributed by atoms with Crippen LogP contribution in [0.15, 0.2) is 6.07 Å². The largest absolute Gasteiger partial charge is 0.467 e. The third-order valence-corrected chi connectivity index (χ3v) is 3.85. The van der Waals surface area contributed by atoms with Crippen LogP contribution in [0.25, 0.3) is 5.78 Å². The van der Waals surface area contributed by atoms with Crippen LogP contribution in [0, 0.1) is 19.8 Å². The fourth-order valence-corrected chi connectivity index (χ4v) is 2.58. The molecule has 1 N–H and O–H groups in total. The number of amides is 1. The van der Waals surface area contributed by atoms with Gasteiger partial charge in [-0.15, -0.1) is 5.10 Å². The molecule has 0 aromatic carbocycles. The van der Waals surface area contributed by atoms with Crippen molar-refractivity contribution in [3.05, 3.63) is 23.3 Å². The summed E-state index contributed by atoms with van der Waals surface area (Å²) in [7, 11) is 1.32.